The average molecular weight is 327 g/mol. The Labute approximate surface area is 138 Å². The van der Waals surface area contributed by atoms with E-state index in [9.17, 15) is 4.79 Å². The summed E-state index contributed by atoms with van der Waals surface area (Å²) in [5.41, 5.74) is 2.55. The van der Waals surface area contributed by atoms with Crippen molar-refractivity contribution in [3.8, 4) is 5.69 Å². The molecule has 0 fully saturated rings. The third-order valence-corrected chi connectivity index (χ3v) is 3.74. The molecule has 1 N–H and O–H groups in total. The van der Waals surface area contributed by atoms with Gasteiger partial charge in [0, 0.05) is 6.20 Å². The Hall–Kier alpha value is -2.66. The van der Waals surface area contributed by atoms with Crippen LogP contribution >= 0.6 is 11.6 Å². The number of pyridine rings is 1. The second-order valence-electron chi connectivity index (χ2n) is 5.00. The molecule has 0 saturated heterocycles. The van der Waals surface area contributed by atoms with Crippen molar-refractivity contribution in [2.75, 3.05) is 0 Å². The highest BCUT2D eigenvalue weighted by atomic mass is 35.5. The van der Waals surface area contributed by atoms with Gasteiger partial charge in [0.1, 0.15) is 5.15 Å². The fourth-order valence-electron chi connectivity index (χ4n) is 2.26. The molecule has 0 aliphatic rings. The van der Waals surface area contributed by atoms with Gasteiger partial charge in [-0.2, -0.15) is 5.10 Å². The molecule has 3 aromatic rings. The van der Waals surface area contributed by atoms with E-state index in [1.165, 1.54) is 0 Å². The van der Waals surface area contributed by atoms with E-state index < -0.39 is 0 Å². The first kappa shape index (κ1) is 15.2. The lowest BCUT2D eigenvalue weighted by Gasteiger charge is -2.05. The van der Waals surface area contributed by atoms with Crippen molar-refractivity contribution in [2.45, 2.75) is 13.5 Å². The van der Waals surface area contributed by atoms with Crippen molar-refractivity contribution in [1.29, 1.82) is 0 Å². The second-order valence-corrected chi connectivity index (χ2v) is 5.36. The number of nitrogens with one attached hydrogen (secondary N) is 1. The highest BCUT2D eigenvalue weighted by Gasteiger charge is 2.20. The normalized spacial score (nSPS) is 10.5. The Morgan fingerprint density at radius 2 is 1.91 bits per heavy atom. The van der Waals surface area contributed by atoms with E-state index in [-0.39, 0.29) is 5.91 Å². The minimum Gasteiger partial charge on any atom is -0.346 e. The zero-order chi connectivity index (χ0) is 16.2. The first-order chi connectivity index (χ1) is 11.2. The number of rotatable bonds is 4. The number of hydrogen-bond donors (Lipinski definition) is 1. The van der Waals surface area contributed by atoms with Crippen LogP contribution < -0.4 is 5.32 Å². The number of hydrogen-bond acceptors (Lipinski definition) is 3. The van der Waals surface area contributed by atoms with E-state index in [0.717, 1.165) is 11.4 Å². The molecule has 0 bridgehead atoms. The molecule has 1 amide bonds. The van der Waals surface area contributed by atoms with Crippen LogP contribution in [-0.2, 0) is 6.54 Å². The summed E-state index contributed by atoms with van der Waals surface area (Å²) in [5, 5.41) is 7.49. The van der Waals surface area contributed by atoms with Crippen molar-refractivity contribution in [2.24, 2.45) is 0 Å². The van der Waals surface area contributed by atoms with Gasteiger partial charge < -0.3 is 5.32 Å². The van der Waals surface area contributed by atoms with E-state index in [2.05, 4.69) is 15.4 Å². The van der Waals surface area contributed by atoms with E-state index in [1.54, 1.807) is 17.8 Å². The molecule has 1 aromatic carbocycles. The standard InChI is InChI=1S/C17H15ClN4O/c1-12-15(17(23)20-11-13-7-5-6-10-19-13)16(18)22(21-12)14-8-3-2-4-9-14/h2-10H,11H2,1H3,(H,20,23). The smallest absolute Gasteiger partial charge is 0.256 e. The number of aryl methyl sites for hydroxylation is 1. The van der Waals surface area contributed by atoms with Crippen molar-refractivity contribution in [3.05, 3.63) is 76.8 Å². The van der Waals surface area contributed by atoms with Crippen LogP contribution in [0.2, 0.25) is 5.15 Å². The van der Waals surface area contributed by atoms with Gasteiger partial charge in [-0.1, -0.05) is 35.9 Å². The minimum absolute atomic E-state index is 0.264. The lowest BCUT2D eigenvalue weighted by atomic mass is 10.2. The number of aromatic nitrogens is 3. The van der Waals surface area contributed by atoms with Crippen LogP contribution in [0.1, 0.15) is 21.7 Å². The first-order valence-electron chi connectivity index (χ1n) is 7.15. The second kappa shape index (κ2) is 6.62. The van der Waals surface area contributed by atoms with Gasteiger partial charge in [0.15, 0.2) is 0 Å². The van der Waals surface area contributed by atoms with Crippen molar-refractivity contribution in [3.63, 3.8) is 0 Å². The maximum atomic E-state index is 12.4. The zero-order valence-corrected chi connectivity index (χ0v) is 13.3. The van der Waals surface area contributed by atoms with E-state index >= 15 is 0 Å². The van der Waals surface area contributed by atoms with Gasteiger partial charge in [-0.15, -0.1) is 0 Å². The van der Waals surface area contributed by atoms with Crippen LogP contribution in [-0.4, -0.2) is 20.7 Å². The molecule has 23 heavy (non-hydrogen) atoms. The lowest BCUT2D eigenvalue weighted by molar-refractivity contribution is 0.0950. The Morgan fingerprint density at radius 3 is 2.61 bits per heavy atom. The summed E-state index contributed by atoms with van der Waals surface area (Å²) in [6.07, 6.45) is 1.69. The fourth-order valence-corrected chi connectivity index (χ4v) is 2.62. The number of amides is 1. The van der Waals surface area contributed by atoms with Gasteiger partial charge in [-0.3, -0.25) is 9.78 Å². The van der Waals surface area contributed by atoms with Crippen molar-refractivity contribution in [1.82, 2.24) is 20.1 Å². The van der Waals surface area contributed by atoms with Crippen LogP contribution in [0, 0.1) is 6.92 Å². The Morgan fingerprint density at radius 1 is 1.17 bits per heavy atom. The molecule has 2 aromatic heterocycles. The van der Waals surface area contributed by atoms with Crippen molar-refractivity contribution >= 4 is 17.5 Å². The van der Waals surface area contributed by atoms with E-state index in [4.69, 9.17) is 11.6 Å². The molecule has 3 rings (SSSR count). The quantitative estimate of drug-likeness (QED) is 0.801. The Balaban J connectivity index is 1.83. The molecule has 0 unspecified atom stereocenters. The number of para-hydroxylation sites is 1. The van der Waals surface area contributed by atoms with Gasteiger partial charge >= 0.3 is 0 Å². The van der Waals surface area contributed by atoms with Crippen LogP contribution in [0.5, 0.6) is 0 Å². The zero-order valence-electron chi connectivity index (χ0n) is 12.5. The summed E-state index contributed by atoms with van der Waals surface area (Å²) in [6, 6.07) is 15.0. The molecule has 0 aliphatic carbocycles. The molecule has 0 radical (unpaired) electrons. The van der Waals surface area contributed by atoms with Crippen molar-refractivity contribution < 1.29 is 4.79 Å². The number of carbonyl (C=O) groups is 1. The first-order valence-corrected chi connectivity index (χ1v) is 7.53. The van der Waals surface area contributed by atoms with Crippen LogP contribution in [0.4, 0.5) is 0 Å². The SMILES string of the molecule is Cc1nn(-c2ccccc2)c(Cl)c1C(=O)NCc1ccccn1. The molecular weight excluding hydrogens is 312 g/mol. The monoisotopic (exact) mass is 326 g/mol. The number of benzene rings is 1. The van der Waals surface area contributed by atoms with Gasteiger partial charge in [-0.25, -0.2) is 4.68 Å². The highest BCUT2D eigenvalue weighted by molar-refractivity contribution is 6.33. The molecule has 0 aliphatic heterocycles. The average Bonchev–Trinajstić information content (AvgIpc) is 2.89. The van der Waals surface area contributed by atoms with Crippen LogP contribution in [0.25, 0.3) is 5.69 Å². The lowest BCUT2D eigenvalue weighted by Crippen LogP contribution is -2.24. The Kier molecular flexibility index (Phi) is 4.39. The molecule has 5 nitrogen and oxygen atoms in total. The third-order valence-electron chi connectivity index (χ3n) is 3.39. The highest BCUT2D eigenvalue weighted by Crippen LogP contribution is 2.23. The third kappa shape index (κ3) is 3.24. The Bertz CT molecular complexity index is 815. The van der Waals surface area contributed by atoms with E-state index in [1.807, 2.05) is 48.5 Å². The summed E-state index contributed by atoms with van der Waals surface area (Å²) in [7, 11) is 0. The predicted octanol–water partition coefficient (Wildman–Crippen LogP) is 3.16. The van der Waals surface area contributed by atoms with Gasteiger partial charge in [0.25, 0.3) is 5.91 Å². The summed E-state index contributed by atoms with van der Waals surface area (Å²) < 4.78 is 1.56. The number of nitrogens with zero attached hydrogens (tertiary/aromatic N) is 3. The number of halogens is 1. The van der Waals surface area contributed by atoms with Gasteiger partial charge in [0.05, 0.1) is 29.2 Å². The van der Waals surface area contributed by atoms with Crippen LogP contribution in [0.15, 0.2) is 54.7 Å². The summed E-state index contributed by atoms with van der Waals surface area (Å²) in [5.74, 6) is -0.264. The summed E-state index contributed by atoms with van der Waals surface area (Å²) >= 11 is 6.36. The molecule has 0 spiro atoms. The van der Waals surface area contributed by atoms with Gasteiger partial charge in [0.2, 0.25) is 0 Å². The maximum absolute atomic E-state index is 12.4. The maximum Gasteiger partial charge on any atom is 0.256 e. The molecule has 0 saturated carbocycles. The molecule has 2 heterocycles. The summed E-state index contributed by atoms with van der Waals surface area (Å²) in [6.45, 7) is 2.10. The summed E-state index contributed by atoms with van der Waals surface area (Å²) in [4.78, 5) is 16.6. The molecular formula is C17H15ClN4O. The number of carbonyl (C=O) groups excluding carboxylic acids is 1. The molecule has 0 atom stereocenters. The molecule has 116 valence electrons. The largest absolute Gasteiger partial charge is 0.346 e. The predicted molar refractivity (Wildman–Crippen MR) is 88.7 cm³/mol. The molecule has 6 heteroatoms. The topological polar surface area (TPSA) is 59.8 Å². The van der Waals surface area contributed by atoms with Crippen LogP contribution in [0.3, 0.4) is 0 Å². The fraction of sp³-hybridized carbons (Fsp3) is 0.118. The van der Waals surface area contributed by atoms with E-state index in [0.29, 0.717) is 23.0 Å². The van der Waals surface area contributed by atoms with Gasteiger partial charge in [-0.05, 0) is 31.2 Å². The minimum atomic E-state index is -0.264.